The van der Waals surface area contributed by atoms with Gasteiger partial charge in [0.25, 0.3) is 0 Å². The van der Waals surface area contributed by atoms with Crippen LogP contribution in [0.25, 0.3) is 0 Å². The maximum Gasteiger partial charge on any atom is 0.410 e. The SMILES string of the molecule is CC(NC(=O)OC(C)(C)C)OC(=O)C(C)(C)C. The van der Waals surface area contributed by atoms with Crippen LogP contribution >= 0.6 is 0 Å². The molecule has 0 aromatic rings. The standard InChI is InChI=1S/C12H23NO4/c1-8(16-9(14)11(2,3)4)13-10(15)17-12(5,6)7/h8H,1-7H3,(H,13,15). The quantitative estimate of drug-likeness (QED) is 0.599. The number of alkyl carbamates (subject to hydrolysis) is 1. The molecule has 1 unspecified atom stereocenters. The average molecular weight is 245 g/mol. The first-order valence-corrected chi connectivity index (χ1v) is 5.62. The summed E-state index contributed by atoms with van der Waals surface area (Å²) in [5.41, 5.74) is -1.16. The zero-order valence-corrected chi connectivity index (χ0v) is 11.7. The molecule has 17 heavy (non-hydrogen) atoms. The molecule has 0 fully saturated rings. The molecule has 0 aliphatic carbocycles. The monoisotopic (exact) mass is 245 g/mol. The Hall–Kier alpha value is -1.26. The third-order valence-electron chi connectivity index (χ3n) is 1.62. The van der Waals surface area contributed by atoms with Gasteiger partial charge in [-0.15, -0.1) is 0 Å². The predicted molar refractivity (Wildman–Crippen MR) is 64.4 cm³/mol. The summed E-state index contributed by atoms with van der Waals surface area (Å²) < 4.78 is 10.1. The van der Waals surface area contributed by atoms with E-state index in [4.69, 9.17) is 9.47 Å². The smallest absolute Gasteiger partial charge is 0.410 e. The average Bonchev–Trinajstić information content (AvgIpc) is 1.96. The summed E-state index contributed by atoms with van der Waals surface area (Å²) in [6, 6.07) is 0. The number of nitrogens with one attached hydrogen (secondary N) is 1. The van der Waals surface area contributed by atoms with Gasteiger partial charge in [-0.25, -0.2) is 4.79 Å². The van der Waals surface area contributed by atoms with Crippen molar-refractivity contribution >= 4 is 12.1 Å². The Labute approximate surface area is 103 Å². The Kier molecular flexibility index (Phi) is 4.98. The number of hydrogen-bond acceptors (Lipinski definition) is 4. The second-order valence-corrected chi connectivity index (χ2v) is 5.94. The first kappa shape index (κ1) is 15.7. The van der Waals surface area contributed by atoms with Crippen LogP contribution in [0.15, 0.2) is 0 Å². The van der Waals surface area contributed by atoms with Crippen molar-refractivity contribution in [3.63, 3.8) is 0 Å². The zero-order chi connectivity index (χ0) is 13.9. The number of carbonyl (C=O) groups is 2. The van der Waals surface area contributed by atoms with Crippen LogP contribution in [0.2, 0.25) is 0 Å². The summed E-state index contributed by atoms with van der Waals surface area (Å²) in [4.78, 5) is 22.9. The number of amides is 1. The summed E-state index contributed by atoms with van der Waals surface area (Å²) >= 11 is 0. The molecule has 0 spiro atoms. The lowest BCUT2D eigenvalue weighted by Gasteiger charge is -2.24. The highest BCUT2D eigenvalue weighted by molar-refractivity contribution is 5.76. The molecular weight excluding hydrogens is 222 g/mol. The molecule has 1 amide bonds. The molecule has 0 aliphatic rings. The van der Waals surface area contributed by atoms with Gasteiger partial charge in [-0.2, -0.15) is 0 Å². The van der Waals surface area contributed by atoms with Crippen LogP contribution in [0.4, 0.5) is 4.79 Å². The second-order valence-electron chi connectivity index (χ2n) is 5.94. The van der Waals surface area contributed by atoms with E-state index in [9.17, 15) is 9.59 Å². The number of esters is 1. The number of hydrogen-bond donors (Lipinski definition) is 1. The van der Waals surface area contributed by atoms with E-state index in [0.717, 1.165) is 0 Å². The zero-order valence-electron chi connectivity index (χ0n) is 11.7. The van der Waals surface area contributed by atoms with Gasteiger partial charge in [0.2, 0.25) is 0 Å². The van der Waals surface area contributed by atoms with Crippen molar-refractivity contribution in [1.29, 1.82) is 0 Å². The lowest BCUT2D eigenvalue weighted by Crippen LogP contribution is -2.41. The Bertz CT molecular complexity index is 286. The molecule has 0 aromatic heterocycles. The van der Waals surface area contributed by atoms with Crippen molar-refractivity contribution < 1.29 is 19.1 Å². The minimum Gasteiger partial charge on any atom is -0.444 e. The second kappa shape index (κ2) is 5.38. The summed E-state index contributed by atoms with van der Waals surface area (Å²) in [5, 5.41) is 2.44. The molecule has 5 heteroatoms. The fraction of sp³-hybridized carbons (Fsp3) is 0.833. The number of ether oxygens (including phenoxy) is 2. The van der Waals surface area contributed by atoms with Crippen LogP contribution in [0, 0.1) is 5.41 Å². The Morgan fingerprint density at radius 1 is 1.06 bits per heavy atom. The molecule has 0 radical (unpaired) electrons. The van der Waals surface area contributed by atoms with Crippen molar-refractivity contribution in [3.05, 3.63) is 0 Å². The minimum atomic E-state index is -0.712. The maximum absolute atomic E-state index is 11.5. The fourth-order valence-corrected chi connectivity index (χ4v) is 0.840. The van der Waals surface area contributed by atoms with Crippen molar-refractivity contribution in [1.82, 2.24) is 5.32 Å². The molecule has 5 nitrogen and oxygen atoms in total. The molecule has 0 saturated carbocycles. The fourth-order valence-electron chi connectivity index (χ4n) is 0.840. The molecule has 0 aromatic carbocycles. The summed E-state index contributed by atoms with van der Waals surface area (Å²) in [5.74, 6) is -0.374. The molecule has 0 aliphatic heterocycles. The van der Waals surface area contributed by atoms with E-state index in [1.54, 1.807) is 48.5 Å². The molecule has 0 heterocycles. The van der Waals surface area contributed by atoms with Crippen LogP contribution in [0.1, 0.15) is 48.5 Å². The van der Waals surface area contributed by atoms with E-state index in [1.165, 1.54) is 0 Å². The van der Waals surface area contributed by atoms with Gasteiger partial charge in [-0.05, 0) is 48.5 Å². The summed E-state index contributed by atoms with van der Waals surface area (Å²) in [6.45, 7) is 12.1. The van der Waals surface area contributed by atoms with Crippen LogP contribution in [-0.4, -0.2) is 23.9 Å². The van der Waals surface area contributed by atoms with E-state index in [2.05, 4.69) is 5.32 Å². The Balaban J connectivity index is 4.16. The van der Waals surface area contributed by atoms with Gasteiger partial charge >= 0.3 is 12.1 Å². The first-order valence-electron chi connectivity index (χ1n) is 5.62. The van der Waals surface area contributed by atoms with Crippen LogP contribution in [-0.2, 0) is 14.3 Å². The van der Waals surface area contributed by atoms with Gasteiger partial charge in [0.1, 0.15) is 5.60 Å². The van der Waals surface area contributed by atoms with Gasteiger partial charge in [0.15, 0.2) is 6.23 Å². The molecule has 0 rings (SSSR count). The normalized spacial score (nSPS) is 13.8. The van der Waals surface area contributed by atoms with Gasteiger partial charge in [0.05, 0.1) is 5.41 Å². The van der Waals surface area contributed by atoms with Crippen molar-refractivity contribution in [2.24, 2.45) is 5.41 Å². The van der Waals surface area contributed by atoms with Crippen molar-refractivity contribution in [2.75, 3.05) is 0 Å². The van der Waals surface area contributed by atoms with Gasteiger partial charge < -0.3 is 9.47 Å². The topological polar surface area (TPSA) is 64.6 Å². The van der Waals surface area contributed by atoms with Gasteiger partial charge in [-0.3, -0.25) is 10.1 Å². The highest BCUT2D eigenvalue weighted by Crippen LogP contribution is 2.16. The molecule has 0 bridgehead atoms. The van der Waals surface area contributed by atoms with Crippen LogP contribution in [0.5, 0.6) is 0 Å². The summed E-state index contributed by atoms with van der Waals surface area (Å²) in [6.07, 6.45) is -1.32. The van der Waals surface area contributed by atoms with Crippen molar-refractivity contribution in [2.45, 2.75) is 60.3 Å². The highest BCUT2D eigenvalue weighted by atomic mass is 16.6. The largest absolute Gasteiger partial charge is 0.444 e. The van der Waals surface area contributed by atoms with E-state index >= 15 is 0 Å². The predicted octanol–water partition coefficient (Wildman–Crippen LogP) is 2.45. The Morgan fingerprint density at radius 3 is 1.88 bits per heavy atom. The van der Waals surface area contributed by atoms with Crippen molar-refractivity contribution in [3.8, 4) is 0 Å². The van der Waals surface area contributed by atoms with E-state index in [0.29, 0.717) is 0 Å². The maximum atomic E-state index is 11.5. The summed E-state index contributed by atoms with van der Waals surface area (Å²) in [7, 11) is 0. The third-order valence-corrected chi connectivity index (χ3v) is 1.62. The van der Waals surface area contributed by atoms with Gasteiger partial charge in [-0.1, -0.05) is 0 Å². The van der Waals surface area contributed by atoms with Crippen LogP contribution in [0.3, 0.4) is 0 Å². The van der Waals surface area contributed by atoms with E-state index in [-0.39, 0.29) is 5.97 Å². The van der Waals surface area contributed by atoms with E-state index < -0.39 is 23.3 Å². The van der Waals surface area contributed by atoms with Gasteiger partial charge in [0, 0.05) is 0 Å². The Morgan fingerprint density at radius 2 is 1.53 bits per heavy atom. The van der Waals surface area contributed by atoms with Crippen LogP contribution < -0.4 is 5.32 Å². The lowest BCUT2D eigenvalue weighted by atomic mass is 9.97. The third kappa shape index (κ3) is 7.60. The highest BCUT2D eigenvalue weighted by Gasteiger charge is 2.26. The molecular formula is C12H23NO4. The molecule has 1 N–H and O–H groups in total. The van der Waals surface area contributed by atoms with E-state index in [1.807, 2.05) is 0 Å². The molecule has 100 valence electrons. The molecule has 0 saturated heterocycles. The lowest BCUT2D eigenvalue weighted by molar-refractivity contribution is -0.158. The molecule has 1 atom stereocenters. The number of carbonyl (C=O) groups excluding carboxylic acids is 2. The minimum absolute atomic E-state index is 0.374. The first-order chi connectivity index (χ1) is 7.42. The number of rotatable bonds is 2.